The van der Waals surface area contributed by atoms with Gasteiger partial charge < -0.3 is 9.84 Å². The highest BCUT2D eigenvalue weighted by atomic mass is 32.2. The number of rotatable bonds is 6. The first-order chi connectivity index (χ1) is 10.7. The highest BCUT2D eigenvalue weighted by Crippen LogP contribution is 2.33. The van der Waals surface area contributed by atoms with Crippen LogP contribution in [0.2, 0.25) is 0 Å². The summed E-state index contributed by atoms with van der Waals surface area (Å²) in [5, 5.41) is 7.95. The van der Waals surface area contributed by atoms with Gasteiger partial charge in [-0.3, -0.25) is 4.79 Å². The second-order valence-electron chi connectivity index (χ2n) is 6.36. The van der Waals surface area contributed by atoms with E-state index in [1.165, 1.54) is 0 Å². The zero-order chi connectivity index (χ0) is 17.3. The maximum atomic E-state index is 12.5. The van der Waals surface area contributed by atoms with E-state index in [9.17, 15) is 13.2 Å². The van der Waals surface area contributed by atoms with Crippen LogP contribution in [-0.4, -0.2) is 36.4 Å². The second-order valence-corrected chi connectivity index (χ2v) is 8.35. The number of para-hydroxylation sites is 1. The monoisotopic (exact) mass is 341 g/mol. The van der Waals surface area contributed by atoms with E-state index in [-0.39, 0.29) is 6.42 Å². The molecular formula is C16H23NO5S. The highest BCUT2D eigenvalue weighted by Gasteiger charge is 2.40. The summed E-state index contributed by atoms with van der Waals surface area (Å²) in [6.07, 6.45) is 0.342. The molecule has 0 amide bonds. The molecule has 0 saturated carbocycles. The van der Waals surface area contributed by atoms with Crippen molar-refractivity contribution >= 4 is 16.0 Å². The molecule has 1 aliphatic rings. The zero-order valence-electron chi connectivity index (χ0n) is 13.6. The lowest BCUT2D eigenvalue weighted by molar-refractivity contribution is -0.137. The van der Waals surface area contributed by atoms with Crippen molar-refractivity contribution in [2.75, 3.05) is 0 Å². The van der Waals surface area contributed by atoms with E-state index >= 15 is 0 Å². The van der Waals surface area contributed by atoms with Crippen molar-refractivity contribution in [3.05, 3.63) is 29.8 Å². The molecule has 0 fully saturated rings. The van der Waals surface area contributed by atoms with E-state index in [0.717, 1.165) is 11.3 Å². The van der Waals surface area contributed by atoms with Crippen molar-refractivity contribution in [2.24, 2.45) is 0 Å². The Kier molecular flexibility index (Phi) is 5.01. The lowest BCUT2D eigenvalue weighted by Crippen LogP contribution is -2.57. The normalized spacial score (nSPS) is 21.1. The molecule has 2 atom stereocenters. The number of hydrogen-bond donors (Lipinski definition) is 2. The largest absolute Gasteiger partial charge is 0.486 e. The first kappa shape index (κ1) is 17.7. The fraction of sp³-hybridized carbons (Fsp3) is 0.562. The summed E-state index contributed by atoms with van der Waals surface area (Å²) >= 11 is 0. The molecule has 128 valence electrons. The fourth-order valence-electron chi connectivity index (χ4n) is 2.74. The molecule has 0 radical (unpaired) electrons. The molecule has 7 heteroatoms. The Morgan fingerprint density at radius 2 is 2.09 bits per heavy atom. The molecule has 1 heterocycles. The molecule has 2 unspecified atom stereocenters. The van der Waals surface area contributed by atoms with Gasteiger partial charge in [0.1, 0.15) is 11.4 Å². The van der Waals surface area contributed by atoms with Gasteiger partial charge >= 0.3 is 5.97 Å². The van der Waals surface area contributed by atoms with Crippen LogP contribution in [0.15, 0.2) is 24.3 Å². The van der Waals surface area contributed by atoms with Gasteiger partial charge in [-0.15, -0.1) is 0 Å². The van der Waals surface area contributed by atoms with E-state index in [4.69, 9.17) is 9.84 Å². The number of benzene rings is 1. The SMILES string of the molecule is CCC(CC(=O)O)S(=O)(=O)NC1Cc2ccccc2OC1(C)C. The van der Waals surface area contributed by atoms with Gasteiger partial charge in [0.25, 0.3) is 0 Å². The number of carboxylic acids is 1. The Morgan fingerprint density at radius 1 is 1.43 bits per heavy atom. The smallest absolute Gasteiger partial charge is 0.304 e. The Bertz CT molecular complexity index is 683. The van der Waals surface area contributed by atoms with Crippen molar-refractivity contribution in [3.63, 3.8) is 0 Å². The van der Waals surface area contributed by atoms with Crippen molar-refractivity contribution in [3.8, 4) is 5.75 Å². The van der Waals surface area contributed by atoms with Crippen LogP contribution in [-0.2, 0) is 21.2 Å². The summed E-state index contributed by atoms with van der Waals surface area (Å²) in [6, 6.07) is 7.07. The Labute approximate surface area is 136 Å². The summed E-state index contributed by atoms with van der Waals surface area (Å²) in [4.78, 5) is 10.9. The van der Waals surface area contributed by atoms with Crippen LogP contribution in [0.25, 0.3) is 0 Å². The quantitative estimate of drug-likeness (QED) is 0.825. The molecule has 6 nitrogen and oxygen atoms in total. The Balaban J connectivity index is 2.23. The molecule has 2 rings (SSSR count). The summed E-state index contributed by atoms with van der Waals surface area (Å²) in [5.41, 5.74) is 0.217. The molecule has 0 spiro atoms. The van der Waals surface area contributed by atoms with Crippen LogP contribution in [0, 0.1) is 0 Å². The topological polar surface area (TPSA) is 92.7 Å². The number of carboxylic acid groups (broad SMARTS) is 1. The summed E-state index contributed by atoms with van der Waals surface area (Å²) in [5.74, 6) is -0.364. The second kappa shape index (κ2) is 6.49. The van der Waals surface area contributed by atoms with Gasteiger partial charge in [-0.25, -0.2) is 13.1 Å². The van der Waals surface area contributed by atoms with Gasteiger partial charge in [0.15, 0.2) is 0 Å². The van der Waals surface area contributed by atoms with E-state index in [0.29, 0.717) is 6.42 Å². The number of carbonyl (C=O) groups is 1. The maximum absolute atomic E-state index is 12.5. The average Bonchev–Trinajstić information content (AvgIpc) is 2.44. The van der Waals surface area contributed by atoms with Crippen LogP contribution in [0.3, 0.4) is 0 Å². The zero-order valence-corrected chi connectivity index (χ0v) is 14.4. The van der Waals surface area contributed by atoms with Gasteiger partial charge in [-0.1, -0.05) is 25.1 Å². The van der Waals surface area contributed by atoms with Crippen LogP contribution in [0.1, 0.15) is 39.2 Å². The third-order valence-corrected chi connectivity index (χ3v) is 6.20. The predicted octanol–water partition coefficient (Wildman–Crippen LogP) is 1.94. The Hall–Kier alpha value is -1.60. The molecule has 23 heavy (non-hydrogen) atoms. The van der Waals surface area contributed by atoms with E-state index < -0.39 is 39.3 Å². The standard InChI is InChI=1S/C16H23NO5S/c1-4-12(10-15(18)19)23(20,21)17-14-9-11-7-5-6-8-13(11)22-16(14,2)3/h5-8,12,14,17H,4,9-10H2,1-3H3,(H,18,19). The first-order valence-corrected chi connectivity index (χ1v) is 9.20. The fourth-order valence-corrected chi connectivity index (χ4v) is 4.50. The molecule has 0 aromatic heterocycles. The summed E-state index contributed by atoms with van der Waals surface area (Å²) in [6.45, 7) is 5.33. The summed E-state index contributed by atoms with van der Waals surface area (Å²) < 4.78 is 33.7. The minimum Gasteiger partial charge on any atom is -0.486 e. The van der Waals surface area contributed by atoms with Gasteiger partial charge in [-0.2, -0.15) is 0 Å². The van der Waals surface area contributed by atoms with Crippen LogP contribution in [0.5, 0.6) is 5.75 Å². The van der Waals surface area contributed by atoms with Crippen molar-refractivity contribution in [1.29, 1.82) is 0 Å². The van der Waals surface area contributed by atoms with E-state index in [2.05, 4.69) is 4.72 Å². The molecule has 0 aliphatic carbocycles. The van der Waals surface area contributed by atoms with E-state index in [1.54, 1.807) is 6.92 Å². The van der Waals surface area contributed by atoms with Crippen molar-refractivity contribution in [1.82, 2.24) is 4.72 Å². The van der Waals surface area contributed by atoms with Gasteiger partial charge in [0, 0.05) is 0 Å². The number of nitrogens with one attached hydrogen (secondary N) is 1. The van der Waals surface area contributed by atoms with Crippen LogP contribution >= 0.6 is 0 Å². The lowest BCUT2D eigenvalue weighted by atomic mass is 9.89. The number of sulfonamides is 1. The van der Waals surface area contributed by atoms with Crippen molar-refractivity contribution < 1.29 is 23.1 Å². The minimum atomic E-state index is -3.75. The predicted molar refractivity (Wildman–Crippen MR) is 87.0 cm³/mol. The maximum Gasteiger partial charge on any atom is 0.304 e. The number of ether oxygens (including phenoxy) is 1. The molecule has 2 N–H and O–H groups in total. The van der Waals surface area contributed by atoms with Gasteiger partial charge in [0.2, 0.25) is 10.0 Å². The molecule has 1 aromatic rings. The molecule has 1 aromatic carbocycles. The molecule has 0 bridgehead atoms. The third-order valence-electron chi connectivity index (χ3n) is 4.21. The average molecular weight is 341 g/mol. The minimum absolute atomic E-state index is 0.242. The molecule has 0 saturated heterocycles. The highest BCUT2D eigenvalue weighted by molar-refractivity contribution is 7.90. The molecule has 1 aliphatic heterocycles. The molecular weight excluding hydrogens is 318 g/mol. The number of fused-ring (bicyclic) bond motifs is 1. The van der Waals surface area contributed by atoms with Crippen molar-refractivity contribution in [2.45, 2.75) is 56.9 Å². The summed E-state index contributed by atoms with van der Waals surface area (Å²) in [7, 11) is -3.75. The number of hydrogen-bond acceptors (Lipinski definition) is 4. The third kappa shape index (κ3) is 4.03. The van der Waals surface area contributed by atoms with Crippen LogP contribution in [0.4, 0.5) is 0 Å². The van der Waals surface area contributed by atoms with Gasteiger partial charge in [-0.05, 0) is 38.3 Å². The first-order valence-electron chi connectivity index (χ1n) is 7.65. The Morgan fingerprint density at radius 3 is 2.70 bits per heavy atom. The lowest BCUT2D eigenvalue weighted by Gasteiger charge is -2.40. The van der Waals surface area contributed by atoms with E-state index in [1.807, 2.05) is 38.1 Å². The van der Waals surface area contributed by atoms with Gasteiger partial charge in [0.05, 0.1) is 17.7 Å². The number of aliphatic carboxylic acids is 1. The van der Waals surface area contributed by atoms with Crippen LogP contribution < -0.4 is 9.46 Å².